The second kappa shape index (κ2) is 6.45. The van der Waals surface area contributed by atoms with Gasteiger partial charge in [0.05, 0.1) is 29.9 Å². The van der Waals surface area contributed by atoms with Gasteiger partial charge in [-0.2, -0.15) is 0 Å². The highest BCUT2D eigenvalue weighted by atomic mass is 16.7. The van der Waals surface area contributed by atoms with E-state index in [4.69, 9.17) is 9.57 Å². The van der Waals surface area contributed by atoms with Crippen LogP contribution < -0.4 is 9.64 Å². The lowest BCUT2D eigenvalue weighted by Crippen LogP contribution is -2.40. The number of imide groups is 1. The van der Waals surface area contributed by atoms with E-state index in [2.05, 4.69) is 5.16 Å². The molecule has 2 aromatic rings. The van der Waals surface area contributed by atoms with Crippen molar-refractivity contribution >= 4 is 28.9 Å². The Balaban J connectivity index is 1.59. The Morgan fingerprint density at radius 3 is 2.61 bits per heavy atom. The molecule has 2 amide bonds. The zero-order valence-electron chi connectivity index (χ0n) is 14.8. The molecule has 4 rings (SSSR count). The normalized spacial score (nSPS) is 21.0. The summed E-state index contributed by atoms with van der Waals surface area (Å²) in [4.78, 5) is 42.5. The van der Waals surface area contributed by atoms with E-state index in [1.807, 2.05) is 0 Å². The van der Waals surface area contributed by atoms with Crippen LogP contribution in [0.25, 0.3) is 0 Å². The van der Waals surface area contributed by atoms with Crippen LogP contribution in [0, 0.1) is 10.1 Å². The molecule has 1 unspecified atom stereocenters. The number of hydrogen-bond acceptors (Lipinski definition) is 7. The molecule has 2 heterocycles. The number of methoxy groups -OCH3 is 1. The fourth-order valence-corrected chi connectivity index (χ4v) is 3.35. The average molecular weight is 381 g/mol. The topological polar surface area (TPSA) is 111 Å². The maximum atomic E-state index is 13.0. The number of ether oxygens (including phenoxy) is 1. The number of rotatable bonds is 4. The number of anilines is 1. The van der Waals surface area contributed by atoms with Crippen molar-refractivity contribution < 1.29 is 24.1 Å². The maximum Gasteiger partial charge on any atom is 0.281 e. The fraction of sp³-hybridized carbons (Fsp3) is 0.211. The van der Waals surface area contributed by atoms with Crippen LogP contribution in [0.4, 0.5) is 11.4 Å². The number of amides is 2. The highest BCUT2D eigenvalue weighted by Gasteiger charge is 2.58. The van der Waals surface area contributed by atoms with Crippen LogP contribution in [0.15, 0.2) is 53.7 Å². The van der Waals surface area contributed by atoms with Gasteiger partial charge in [-0.1, -0.05) is 17.3 Å². The lowest BCUT2D eigenvalue weighted by Gasteiger charge is -2.19. The van der Waals surface area contributed by atoms with Gasteiger partial charge in [0.25, 0.3) is 11.6 Å². The first-order valence-electron chi connectivity index (χ1n) is 8.45. The van der Waals surface area contributed by atoms with E-state index in [9.17, 15) is 19.7 Å². The van der Waals surface area contributed by atoms with Gasteiger partial charge in [0.1, 0.15) is 5.75 Å². The molecule has 142 valence electrons. The summed E-state index contributed by atoms with van der Waals surface area (Å²) in [6.45, 7) is 0. The molecular weight excluding hydrogens is 366 g/mol. The lowest BCUT2D eigenvalue weighted by molar-refractivity contribution is -0.384. The monoisotopic (exact) mass is 381 g/mol. The van der Waals surface area contributed by atoms with Crippen molar-refractivity contribution in [3.63, 3.8) is 0 Å². The number of benzene rings is 2. The van der Waals surface area contributed by atoms with Crippen LogP contribution >= 0.6 is 0 Å². The summed E-state index contributed by atoms with van der Waals surface area (Å²) in [6.07, 6.45) is -0.0921. The van der Waals surface area contributed by atoms with E-state index in [1.54, 1.807) is 30.3 Å². The van der Waals surface area contributed by atoms with E-state index in [0.29, 0.717) is 22.7 Å². The second-order valence-electron chi connectivity index (χ2n) is 6.52. The van der Waals surface area contributed by atoms with Gasteiger partial charge in [-0.05, 0) is 24.3 Å². The third-order valence-corrected chi connectivity index (χ3v) is 4.78. The van der Waals surface area contributed by atoms with Crippen molar-refractivity contribution in [3.05, 3.63) is 64.2 Å². The Morgan fingerprint density at radius 2 is 1.93 bits per heavy atom. The van der Waals surface area contributed by atoms with Crippen molar-refractivity contribution in [2.45, 2.75) is 18.4 Å². The molecule has 28 heavy (non-hydrogen) atoms. The number of nitro benzene ring substituents is 1. The number of oxime groups is 1. The minimum atomic E-state index is -1.42. The molecule has 0 bridgehead atoms. The molecule has 0 radical (unpaired) electrons. The van der Waals surface area contributed by atoms with Gasteiger partial charge < -0.3 is 9.57 Å². The smallest absolute Gasteiger partial charge is 0.281 e. The summed E-state index contributed by atoms with van der Waals surface area (Å²) < 4.78 is 5.09. The summed E-state index contributed by atoms with van der Waals surface area (Å²) in [5.41, 5.74) is -0.220. The minimum Gasteiger partial charge on any atom is -0.497 e. The number of non-ortho nitro benzene ring substituents is 1. The molecule has 0 aromatic heterocycles. The van der Waals surface area contributed by atoms with Gasteiger partial charge >= 0.3 is 0 Å². The summed E-state index contributed by atoms with van der Waals surface area (Å²) >= 11 is 0. The first-order chi connectivity index (χ1) is 13.4. The molecule has 2 aliphatic heterocycles. The molecule has 2 aliphatic rings. The molecule has 1 spiro atoms. The first kappa shape index (κ1) is 17.7. The van der Waals surface area contributed by atoms with Gasteiger partial charge in [-0.3, -0.25) is 19.7 Å². The Hall–Kier alpha value is -3.75. The second-order valence-corrected chi connectivity index (χ2v) is 6.52. The van der Waals surface area contributed by atoms with E-state index in [1.165, 1.54) is 25.3 Å². The molecule has 1 fully saturated rings. The summed E-state index contributed by atoms with van der Waals surface area (Å²) in [7, 11) is 1.52. The highest BCUT2D eigenvalue weighted by molar-refractivity contribution is 6.25. The Labute approximate surface area is 159 Å². The predicted molar refractivity (Wildman–Crippen MR) is 98.2 cm³/mol. The van der Waals surface area contributed by atoms with Crippen LogP contribution in [0.3, 0.4) is 0 Å². The highest BCUT2D eigenvalue weighted by Crippen LogP contribution is 2.39. The quantitative estimate of drug-likeness (QED) is 0.457. The van der Waals surface area contributed by atoms with E-state index < -0.39 is 22.3 Å². The Bertz CT molecular complexity index is 1020. The van der Waals surface area contributed by atoms with E-state index >= 15 is 0 Å². The van der Waals surface area contributed by atoms with Crippen molar-refractivity contribution in [1.29, 1.82) is 0 Å². The van der Waals surface area contributed by atoms with Crippen LogP contribution in [0.2, 0.25) is 0 Å². The van der Waals surface area contributed by atoms with Crippen LogP contribution in [-0.2, 0) is 14.4 Å². The largest absolute Gasteiger partial charge is 0.497 e. The summed E-state index contributed by atoms with van der Waals surface area (Å²) in [5, 5.41) is 14.9. The Kier molecular flexibility index (Phi) is 4.07. The molecule has 0 N–H and O–H groups in total. The van der Waals surface area contributed by atoms with E-state index in [0.717, 1.165) is 4.90 Å². The molecule has 2 aromatic carbocycles. The van der Waals surface area contributed by atoms with Crippen molar-refractivity contribution in [1.82, 2.24) is 0 Å². The molecule has 9 nitrogen and oxygen atoms in total. The van der Waals surface area contributed by atoms with Crippen molar-refractivity contribution in [2.75, 3.05) is 12.0 Å². The molecule has 0 saturated carbocycles. The molecular formula is C19H15N3O6. The van der Waals surface area contributed by atoms with Gasteiger partial charge in [0.15, 0.2) is 0 Å². The summed E-state index contributed by atoms with van der Waals surface area (Å²) in [6, 6.07) is 12.5. The lowest BCUT2D eigenvalue weighted by atomic mass is 9.92. The zero-order valence-corrected chi connectivity index (χ0v) is 14.8. The first-order valence-corrected chi connectivity index (χ1v) is 8.45. The molecule has 1 atom stereocenters. The van der Waals surface area contributed by atoms with Crippen molar-refractivity contribution in [2.24, 2.45) is 5.16 Å². The van der Waals surface area contributed by atoms with Gasteiger partial charge in [0, 0.05) is 24.1 Å². The third kappa shape index (κ3) is 2.77. The number of hydrogen-bond donors (Lipinski definition) is 0. The summed E-state index contributed by atoms with van der Waals surface area (Å²) in [5.74, 6) is -0.302. The molecule has 0 aliphatic carbocycles. The molecule has 1 saturated heterocycles. The van der Waals surface area contributed by atoms with Crippen LogP contribution in [0.1, 0.15) is 18.4 Å². The molecule has 9 heteroatoms. The van der Waals surface area contributed by atoms with Gasteiger partial charge in [0.2, 0.25) is 11.5 Å². The number of carbonyl (C=O) groups is 2. The number of nitrogens with zero attached hydrogens (tertiary/aromatic N) is 3. The predicted octanol–water partition coefficient (Wildman–Crippen LogP) is 2.43. The standard InChI is InChI=1S/C19H15N3O6/c1-27-15-7-5-13(6-8-15)21-17(23)11-19(18(21)24)10-16(20-28-19)12-3-2-4-14(9-12)22(25)26/h2-9H,10-11H2,1H3. The fourth-order valence-electron chi connectivity index (χ4n) is 3.35. The SMILES string of the molecule is COc1ccc(N2C(=O)CC3(CC(c4cccc([N+](=O)[O-])c4)=NO3)C2=O)cc1. The number of carbonyl (C=O) groups excluding carboxylic acids is 2. The van der Waals surface area contributed by atoms with Gasteiger partial charge in [-0.25, -0.2) is 4.90 Å². The Morgan fingerprint density at radius 1 is 1.18 bits per heavy atom. The van der Waals surface area contributed by atoms with Gasteiger partial charge in [-0.15, -0.1) is 0 Å². The van der Waals surface area contributed by atoms with Crippen molar-refractivity contribution in [3.8, 4) is 5.75 Å². The van der Waals surface area contributed by atoms with Crippen LogP contribution in [0.5, 0.6) is 5.75 Å². The van der Waals surface area contributed by atoms with E-state index in [-0.39, 0.29) is 18.5 Å². The zero-order chi connectivity index (χ0) is 19.9. The minimum absolute atomic E-state index is 0.0609. The third-order valence-electron chi connectivity index (χ3n) is 4.78. The number of nitro groups is 1. The maximum absolute atomic E-state index is 13.0. The average Bonchev–Trinajstić information content (AvgIpc) is 3.23. The van der Waals surface area contributed by atoms with Crippen LogP contribution in [-0.4, -0.2) is 35.2 Å².